The predicted octanol–water partition coefficient (Wildman–Crippen LogP) is 4.45. The molecule has 0 saturated carbocycles. The molecule has 1 aromatic heterocycles. The largest absolute Gasteiger partial charge is 0.497 e. The standard InChI is InChI=1S/C25H27N3O3/c1-31-21-9-5-8-20(16-21)22-17-26-27-25(22)19-12-14-28(15-13-19)24(30)11-10-23(29)18-6-3-2-4-7-18/h2-9,16-17,19H,10-15H2,1H3,(H,26,27). The zero-order chi connectivity index (χ0) is 21.6. The smallest absolute Gasteiger partial charge is 0.223 e. The number of aromatic amines is 1. The second-order valence-electron chi connectivity index (χ2n) is 7.87. The van der Waals surface area contributed by atoms with E-state index in [1.54, 1.807) is 19.2 Å². The van der Waals surface area contributed by atoms with Crippen LogP contribution in [-0.4, -0.2) is 47.0 Å². The van der Waals surface area contributed by atoms with E-state index in [2.05, 4.69) is 16.3 Å². The Hall–Kier alpha value is -3.41. The van der Waals surface area contributed by atoms with E-state index in [1.807, 2.05) is 47.5 Å². The van der Waals surface area contributed by atoms with E-state index < -0.39 is 0 Å². The maximum absolute atomic E-state index is 12.6. The molecule has 1 amide bonds. The third-order valence-electron chi connectivity index (χ3n) is 5.97. The first kappa shape index (κ1) is 20.8. The molecule has 3 aromatic rings. The van der Waals surface area contributed by atoms with Crippen LogP contribution in [0.5, 0.6) is 5.75 Å². The second-order valence-corrected chi connectivity index (χ2v) is 7.87. The molecule has 1 N–H and O–H groups in total. The van der Waals surface area contributed by atoms with Crippen molar-refractivity contribution < 1.29 is 14.3 Å². The molecule has 2 heterocycles. The minimum absolute atomic E-state index is 0.0178. The molecule has 1 aliphatic heterocycles. The zero-order valence-electron chi connectivity index (χ0n) is 17.7. The fourth-order valence-corrected chi connectivity index (χ4v) is 4.19. The average molecular weight is 418 g/mol. The number of piperidine rings is 1. The van der Waals surface area contributed by atoms with Gasteiger partial charge in [0.25, 0.3) is 0 Å². The Balaban J connectivity index is 1.33. The minimum Gasteiger partial charge on any atom is -0.497 e. The number of hydrogen-bond donors (Lipinski definition) is 1. The Kier molecular flexibility index (Phi) is 6.46. The molecule has 0 unspecified atom stereocenters. The summed E-state index contributed by atoms with van der Waals surface area (Å²) in [5.41, 5.74) is 3.93. The molecule has 1 aliphatic rings. The Morgan fingerprint density at radius 3 is 2.58 bits per heavy atom. The van der Waals surface area contributed by atoms with Crippen LogP contribution in [0.15, 0.2) is 60.8 Å². The molecule has 6 heteroatoms. The van der Waals surface area contributed by atoms with Gasteiger partial charge in [-0.3, -0.25) is 14.7 Å². The van der Waals surface area contributed by atoms with Crippen LogP contribution in [0.25, 0.3) is 11.1 Å². The van der Waals surface area contributed by atoms with E-state index >= 15 is 0 Å². The lowest BCUT2D eigenvalue weighted by molar-refractivity contribution is -0.132. The Bertz CT molecular complexity index is 1040. The number of ketones is 1. The number of methoxy groups -OCH3 is 1. The van der Waals surface area contributed by atoms with Crippen molar-refractivity contribution in [3.63, 3.8) is 0 Å². The highest BCUT2D eigenvalue weighted by molar-refractivity contribution is 5.97. The monoisotopic (exact) mass is 417 g/mol. The predicted molar refractivity (Wildman–Crippen MR) is 119 cm³/mol. The summed E-state index contributed by atoms with van der Waals surface area (Å²) in [5, 5.41) is 7.45. The molecule has 4 rings (SSSR count). The Morgan fingerprint density at radius 1 is 1.06 bits per heavy atom. The van der Waals surface area contributed by atoms with E-state index in [9.17, 15) is 9.59 Å². The van der Waals surface area contributed by atoms with Crippen molar-refractivity contribution in [1.29, 1.82) is 0 Å². The summed E-state index contributed by atoms with van der Waals surface area (Å²) in [4.78, 5) is 26.8. The number of H-pyrrole nitrogens is 1. The van der Waals surface area contributed by atoms with Crippen LogP contribution in [0, 0.1) is 0 Å². The van der Waals surface area contributed by atoms with Gasteiger partial charge in [-0.1, -0.05) is 42.5 Å². The van der Waals surface area contributed by atoms with Gasteiger partial charge in [-0.05, 0) is 30.5 Å². The summed E-state index contributed by atoms with van der Waals surface area (Å²) in [6.07, 6.45) is 4.12. The summed E-state index contributed by atoms with van der Waals surface area (Å²) < 4.78 is 5.35. The van der Waals surface area contributed by atoms with Gasteiger partial charge in [0.15, 0.2) is 5.78 Å². The van der Waals surface area contributed by atoms with Gasteiger partial charge in [-0.25, -0.2) is 0 Å². The molecule has 1 fully saturated rings. The summed E-state index contributed by atoms with van der Waals surface area (Å²) in [6, 6.07) is 17.1. The number of rotatable bonds is 7. The van der Waals surface area contributed by atoms with Crippen molar-refractivity contribution in [1.82, 2.24) is 15.1 Å². The molecular formula is C25H27N3O3. The van der Waals surface area contributed by atoms with Gasteiger partial charge in [0.2, 0.25) is 5.91 Å². The molecule has 0 aliphatic carbocycles. The van der Waals surface area contributed by atoms with Gasteiger partial charge in [0.1, 0.15) is 5.75 Å². The van der Waals surface area contributed by atoms with Gasteiger partial charge < -0.3 is 9.64 Å². The number of aromatic nitrogens is 2. The Morgan fingerprint density at radius 2 is 1.84 bits per heavy atom. The SMILES string of the molecule is COc1cccc(-c2cn[nH]c2C2CCN(C(=O)CCC(=O)c3ccccc3)CC2)c1. The van der Waals surface area contributed by atoms with E-state index in [-0.39, 0.29) is 24.5 Å². The van der Waals surface area contributed by atoms with Crippen LogP contribution in [0.4, 0.5) is 0 Å². The number of hydrogen-bond acceptors (Lipinski definition) is 4. The van der Waals surface area contributed by atoms with Crippen molar-refractivity contribution in [2.45, 2.75) is 31.6 Å². The fraction of sp³-hybridized carbons (Fsp3) is 0.320. The van der Waals surface area contributed by atoms with Crippen LogP contribution < -0.4 is 4.74 Å². The maximum atomic E-state index is 12.6. The first-order valence-electron chi connectivity index (χ1n) is 10.7. The number of Topliss-reactive ketones (excluding diaryl/α,β-unsaturated/α-hetero) is 1. The molecule has 0 spiro atoms. The Labute approximate surface area is 182 Å². The average Bonchev–Trinajstić information content (AvgIpc) is 3.33. The van der Waals surface area contributed by atoms with Crippen LogP contribution in [-0.2, 0) is 4.79 Å². The third kappa shape index (κ3) is 4.85. The molecule has 31 heavy (non-hydrogen) atoms. The van der Waals surface area contributed by atoms with E-state index in [1.165, 1.54) is 0 Å². The number of amides is 1. The lowest BCUT2D eigenvalue weighted by atomic mass is 9.89. The molecular weight excluding hydrogens is 390 g/mol. The van der Waals surface area contributed by atoms with Crippen molar-refractivity contribution in [3.05, 3.63) is 72.1 Å². The van der Waals surface area contributed by atoms with E-state index in [0.717, 1.165) is 35.4 Å². The number of carbonyl (C=O) groups excluding carboxylic acids is 2. The van der Waals surface area contributed by atoms with Crippen LogP contribution in [0.2, 0.25) is 0 Å². The lowest BCUT2D eigenvalue weighted by Crippen LogP contribution is -2.38. The van der Waals surface area contributed by atoms with Gasteiger partial charge in [0.05, 0.1) is 13.3 Å². The van der Waals surface area contributed by atoms with Crippen molar-refractivity contribution in [2.24, 2.45) is 0 Å². The van der Waals surface area contributed by atoms with Gasteiger partial charge >= 0.3 is 0 Å². The molecule has 0 bridgehead atoms. The zero-order valence-corrected chi connectivity index (χ0v) is 17.7. The number of ether oxygens (including phenoxy) is 1. The number of nitrogens with one attached hydrogen (secondary N) is 1. The van der Waals surface area contributed by atoms with Crippen LogP contribution in [0.1, 0.15) is 47.7 Å². The second kappa shape index (κ2) is 9.60. The summed E-state index contributed by atoms with van der Waals surface area (Å²) in [7, 11) is 1.66. The molecule has 160 valence electrons. The molecule has 0 radical (unpaired) electrons. The number of likely N-dealkylation sites (tertiary alicyclic amines) is 1. The minimum atomic E-state index is 0.0178. The van der Waals surface area contributed by atoms with Crippen molar-refractivity contribution in [3.8, 4) is 16.9 Å². The maximum Gasteiger partial charge on any atom is 0.223 e. The summed E-state index contributed by atoms with van der Waals surface area (Å²) >= 11 is 0. The third-order valence-corrected chi connectivity index (χ3v) is 5.97. The lowest BCUT2D eigenvalue weighted by Gasteiger charge is -2.32. The fourth-order valence-electron chi connectivity index (χ4n) is 4.19. The highest BCUT2D eigenvalue weighted by atomic mass is 16.5. The van der Waals surface area contributed by atoms with E-state index in [4.69, 9.17) is 4.74 Å². The van der Waals surface area contributed by atoms with Gasteiger partial charge in [-0.2, -0.15) is 5.10 Å². The summed E-state index contributed by atoms with van der Waals surface area (Å²) in [6.45, 7) is 1.39. The first-order chi connectivity index (χ1) is 15.2. The molecule has 0 atom stereocenters. The van der Waals surface area contributed by atoms with Crippen LogP contribution in [0.3, 0.4) is 0 Å². The van der Waals surface area contributed by atoms with E-state index in [0.29, 0.717) is 24.6 Å². The van der Waals surface area contributed by atoms with Crippen LogP contribution >= 0.6 is 0 Å². The first-order valence-corrected chi connectivity index (χ1v) is 10.7. The van der Waals surface area contributed by atoms with Gasteiger partial charge in [-0.15, -0.1) is 0 Å². The number of carbonyl (C=O) groups is 2. The number of nitrogens with zero attached hydrogens (tertiary/aromatic N) is 2. The topological polar surface area (TPSA) is 75.3 Å². The highest BCUT2D eigenvalue weighted by Crippen LogP contribution is 2.35. The van der Waals surface area contributed by atoms with Crippen molar-refractivity contribution >= 4 is 11.7 Å². The van der Waals surface area contributed by atoms with Crippen molar-refractivity contribution in [2.75, 3.05) is 20.2 Å². The quantitative estimate of drug-likeness (QED) is 0.576. The normalized spacial score (nSPS) is 14.4. The molecule has 2 aromatic carbocycles. The summed E-state index contributed by atoms with van der Waals surface area (Å²) in [5.74, 6) is 1.21. The molecule has 1 saturated heterocycles. The number of benzene rings is 2. The molecule has 6 nitrogen and oxygen atoms in total. The van der Waals surface area contributed by atoms with Gasteiger partial charge in [0, 0.05) is 48.7 Å². The highest BCUT2D eigenvalue weighted by Gasteiger charge is 2.27.